The average molecular weight is 325 g/mol. The Kier molecular flexibility index (Phi) is 5.11. The Labute approximate surface area is 142 Å². The summed E-state index contributed by atoms with van der Waals surface area (Å²) in [4.78, 5) is 18.2. The lowest BCUT2D eigenvalue weighted by molar-refractivity contribution is 0.155. The van der Waals surface area contributed by atoms with Gasteiger partial charge in [0.1, 0.15) is 0 Å². The summed E-state index contributed by atoms with van der Waals surface area (Å²) in [5.41, 5.74) is 3.30. The minimum Gasteiger partial charge on any atom is -0.394 e. The zero-order valence-electron chi connectivity index (χ0n) is 13.9. The van der Waals surface area contributed by atoms with E-state index in [4.69, 9.17) is 0 Å². The fourth-order valence-corrected chi connectivity index (χ4v) is 3.15. The lowest BCUT2D eigenvalue weighted by atomic mass is 10.0. The van der Waals surface area contributed by atoms with E-state index in [1.54, 1.807) is 17.3 Å². The summed E-state index contributed by atoms with van der Waals surface area (Å²) in [6, 6.07) is 11.9. The molecule has 2 amide bonds. The number of aliphatic hydroxyl groups is 1. The number of hydrogen-bond acceptors (Lipinski definition) is 3. The molecule has 1 aliphatic rings. The van der Waals surface area contributed by atoms with Gasteiger partial charge in [0.25, 0.3) is 0 Å². The first-order valence-corrected chi connectivity index (χ1v) is 8.37. The van der Waals surface area contributed by atoms with Crippen LogP contribution >= 0.6 is 0 Å². The second kappa shape index (κ2) is 7.45. The van der Waals surface area contributed by atoms with Crippen molar-refractivity contribution in [2.24, 2.45) is 0 Å². The van der Waals surface area contributed by atoms with Gasteiger partial charge in [0.2, 0.25) is 0 Å². The summed E-state index contributed by atoms with van der Waals surface area (Å²) in [6.07, 6.45) is 5.38. The van der Waals surface area contributed by atoms with Crippen LogP contribution in [0, 0.1) is 0 Å². The fourth-order valence-electron chi connectivity index (χ4n) is 3.15. The third-order valence-electron chi connectivity index (χ3n) is 4.61. The van der Waals surface area contributed by atoms with E-state index in [1.807, 2.05) is 31.2 Å². The van der Waals surface area contributed by atoms with E-state index in [-0.39, 0.29) is 24.7 Å². The van der Waals surface area contributed by atoms with E-state index < -0.39 is 0 Å². The lowest BCUT2D eigenvalue weighted by Gasteiger charge is -2.25. The summed E-state index contributed by atoms with van der Waals surface area (Å²) in [7, 11) is 0. The highest BCUT2D eigenvalue weighted by atomic mass is 16.3. The maximum absolute atomic E-state index is 12.4. The van der Waals surface area contributed by atoms with Gasteiger partial charge in [0, 0.05) is 18.9 Å². The fraction of sp³-hybridized carbons (Fsp3) is 0.368. The highest BCUT2D eigenvalue weighted by Crippen LogP contribution is 2.22. The van der Waals surface area contributed by atoms with E-state index in [9.17, 15) is 9.90 Å². The summed E-state index contributed by atoms with van der Waals surface area (Å²) < 4.78 is 0. The highest BCUT2D eigenvalue weighted by molar-refractivity contribution is 5.75. The minimum atomic E-state index is -0.0998. The van der Waals surface area contributed by atoms with Crippen molar-refractivity contribution in [3.05, 3.63) is 54.4 Å². The predicted octanol–water partition coefficient (Wildman–Crippen LogP) is 2.98. The zero-order chi connectivity index (χ0) is 16.9. The van der Waals surface area contributed by atoms with Gasteiger partial charge in [-0.15, -0.1) is 0 Å². The molecule has 5 nitrogen and oxygen atoms in total. The topological polar surface area (TPSA) is 65.5 Å². The van der Waals surface area contributed by atoms with Gasteiger partial charge in [0.15, 0.2) is 0 Å². The molecule has 2 atom stereocenters. The molecule has 0 spiro atoms. The van der Waals surface area contributed by atoms with Crippen molar-refractivity contribution >= 4 is 6.03 Å². The number of nitrogens with one attached hydrogen (secondary N) is 1. The van der Waals surface area contributed by atoms with Crippen LogP contribution in [0.15, 0.2) is 48.8 Å². The van der Waals surface area contributed by atoms with Gasteiger partial charge >= 0.3 is 6.03 Å². The number of pyridine rings is 1. The maximum Gasteiger partial charge on any atom is 0.318 e. The number of rotatable bonds is 4. The van der Waals surface area contributed by atoms with Crippen molar-refractivity contribution in [3.63, 3.8) is 0 Å². The van der Waals surface area contributed by atoms with Gasteiger partial charge in [-0.1, -0.05) is 24.3 Å². The van der Waals surface area contributed by atoms with Crippen LogP contribution in [0.25, 0.3) is 11.1 Å². The highest BCUT2D eigenvalue weighted by Gasteiger charge is 2.28. The first-order chi connectivity index (χ1) is 11.7. The van der Waals surface area contributed by atoms with Crippen LogP contribution in [0.5, 0.6) is 0 Å². The Morgan fingerprint density at radius 2 is 1.92 bits per heavy atom. The quantitative estimate of drug-likeness (QED) is 0.908. The molecule has 1 aromatic heterocycles. The van der Waals surface area contributed by atoms with Crippen LogP contribution in [0.2, 0.25) is 0 Å². The van der Waals surface area contributed by atoms with Gasteiger partial charge in [-0.3, -0.25) is 4.98 Å². The molecule has 3 rings (SSSR count). The average Bonchev–Trinajstić information content (AvgIpc) is 3.11. The Morgan fingerprint density at radius 3 is 2.58 bits per heavy atom. The third kappa shape index (κ3) is 3.57. The number of benzene rings is 1. The molecule has 2 heterocycles. The molecule has 2 unspecified atom stereocenters. The zero-order valence-corrected chi connectivity index (χ0v) is 13.9. The van der Waals surface area contributed by atoms with Crippen LogP contribution in [-0.4, -0.2) is 40.2 Å². The van der Waals surface area contributed by atoms with E-state index >= 15 is 0 Å². The standard InChI is InChI=1S/C19H23N3O2/c1-14(21-19(24)22-12-2-3-18(22)13-23)15-4-6-16(7-5-15)17-8-10-20-11-9-17/h4-11,14,18,23H,2-3,12-13H2,1H3,(H,21,24). The van der Waals surface area contributed by atoms with Gasteiger partial charge in [0.05, 0.1) is 18.7 Å². The number of carbonyl (C=O) groups is 1. The molecule has 126 valence electrons. The van der Waals surface area contributed by atoms with Crippen LogP contribution in [0.4, 0.5) is 4.79 Å². The van der Waals surface area contributed by atoms with Gasteiger partial charge in [-0.25, -0.2) is 4.79 Å². The Hall–Kier alpha value is -2.40. The third-order valence-corrected chi connectivity index (χ3v) is 4.61. The second-order valence-electron chi connectivity index (χ2n) is 6.20. The van der Waals surface area contributed by atoms with E-state index in [0.717, 1.165) is 29.5 Å². The van der Waals surface area contributed by atoms with Crippen molar-refractivity contribution < 1.29 is 9.90 Å². The predicted molar refractivity (Wildman–Crippen MR) is 93.4 cm³/mol. The Bertz CT molecular complexity index is 673. The minimum absolute atomic E-state index is 0.0302. The second-order valence-corrected chi connectivity index (χ2v) is 6.20. The molecule has 5 heteroatoms. The Balaban J connectivity index is 1.65. The molecule has 2 N–H and O–H groups in total. The molecule has 1 fully saturated rings. The van der Waals surface area contributed by atoms with Crippen LogP contribution in [0.3, 0.4) is 0 Å². The van der Waals surface area contributed by atoms with Crippen molar-refractivity contribution in [2.45, 2.75) is 31.8 Å². The Morgan fingerprint density at radius 1 is 1.25 bits per heavy atom. The number of likely N-dealkylation sites (tertiary alicyclic amines) is 1. The number of aromatic nitrogens is 1. The molecule has 24 heavy (non-hydrogen) atoms. The largest absolute Gasteiger partial charge is 0.394 e. The van der Waals surface area contributed by atoms with Crippen molar-refractivity contribution in [2.75, 3.05) is 13.2 Å². The summed E-state index contributed by atoms with van der Waals surface area (Å²) in [5, 5.41) is 12.4. The van der Waals surface area contributed by atoms with E-state index in [0.29, 0.717) is 6.54 Å². The van der Waals surface area contributed by atoms with Gasteiger partial charge in [-0.05, 0) is 48.6 Å². The van der Waals surface area contributed by atoms with Crippen molar-refractivity contribution in [3.8, 4) is 11.1 Å². The van der Waals surface area contributed by atoms with Crippen molar-refractivity contribution in [1.82, 2.24) is 15.2 Å². The van der Waals surface area contributed by atoms with Gasteiger partial charge < -0.3 is 15.3 Å². The number of aliphatic hydroxyl groups excluding tert-OH is 1. The summed E-state index contributed by atoms with van der Waals surface area (Å²) >= 11 is 0. The monoisotopic (exact) mass is 325 g/mol. The number of urea groups is 1. The lowest BCUT2D eigenvalue weighted by Crippen LogP contribution is -2.44. The molecule has 0 bridgehead atoms. The smallest absolute Gasteiger partial charge is 0.318 e. The number of amides is 2. The number of nitrogens with zero attached hydrogens (tertiary/aromatic N) is 2. The molecule has 1 aromatic carbocycles. The molecule has 0 aliphatic carbocycles. The number of carbonyl (C=O) groups excluding carboxylic acids is 1. The molecule has 0 radical (unpaired) electrons. The first-order valence-electron chi connectivity index (χ1n) is 8.37. The molecule has 2 aromatic rings. The molecule has 0 saturated carbocycles. The van der Waals surface area contributed by atoms with E-state index in [1.165, 1.54) is 0 Å². The maximum atomic E-state index is 12.4. The number of hydrogen-bond donors (Lipinski definition) is 2. The molecular formula is C19H23N3O2. The van der Waals surface area contributed by atoms with Crippen LogP contribution in [-0.2, 0) is 0 Å². The first kappa shape index (κ1) is 16.5. The van der Waals surface area contributed by atoms with Crippen LogP contribution < -0.4 is 5.32 Å². The van der Waals surface area contributed by atoms with Gasteiger partial charge in [-0.2, -0.15) is 0 Å². The van der Waals surface area contributed by atoms with Crippen molar-refractivity contribution in [1.29, 1.82) is 0 Å². The SMILES string of the molecule is CC(NC(=O)N1CCCC1CO)c1ccc(-c2ccncc2)cc1. The summed E-state index contributed by atoms with van der Waals surface area (Å²) in [6.45, 7) is 2.72. The van der Waals surface area contributed by atoms with E-state index in [2.05, 4.69) is 22.4 Å². The molecule has 1 aliphatic heterocycles. The van der Waals surface area contributed by atoms with Crippen LogP contribution in [0.1, 0.15) is 31.4 Å². The molecular weight excluding hydrogens is 302 g/mol. The molecule has 1 saturated heterocycles. The normalized spacial score (nSPS) is 18.4. The summed E-state index contributed by atoms with van der Waals surface area (Å²) in [5.74, 6) is 0.